The standard InChI is InChI=1S/C11H9ClN2/c1-8-5-11(12)14-7-10(8)9-3-2-4-13-6-9/h2-7H,1H3. The zero-order valence-corrected chi connectivity index (χ0v) is 8.49. The van der Waals surface area contributed by atoms with Gasteiger partial charge >= 0.3 is 0 Å². The number of hydrogen-bond donors (Lipinski definition) is 0. The molecular weight excluding hydrogens is 196 g/mol. The van der Waals surface area contributed by atoms with Crippen molar-refractivity contribution in [3.63, 3.8) is 0 Å². The zero-order chi connectivity index (χ0) is 9.97. The summed E-state index contributed by atoms with van der Waals surface area (Å²) in [4.78, 5) is 8.12. The van der Waals surface area contributed by atoms with E-state index in [1.807, 2.05) is 31.3 Å². The number of rotatable bonds is 1. The molecule has 0 saturated carbocycles. The Balaban J connectivity index is 2.53. The van der Waals surface area contributed by atoms with E-state index in [-0.39, 0.29) is 0 Å². The van der Waals surface area contributed by atoms with Gasteiger partial charge in [-0.15, -0.1) is 0 Å². The van der Waals surface area contributed by atoms with Gasteiger partial charge in [-0.3, -0.25) is 4.98 Å². The molecule has 2 heterocycles. The summed E-state index contributed by atoms with van der Waals surface area (Å²) in [5, 5.41) is 0.523. The molecule has 0 bridgehead atoms. The topological polar surface area (TPSA) is 25.8 Å². The molecule has 70 valence electrons. The average molecular weight is 205 g/mol. The van der Waals surface area contributed by atoms with Gasteiger partial charge in [-0.05, 0) is 24.6 Å². The molecule has 3 heteroatoms. The Morgan fingerprint density at radius 1 is 1.29 bits per heavy atom. The van der Waals surface area contributed by atoms with Crippen LogP contribution in [0.2, 0.25) is 5.15 Å². The fourth-order valence-electron chi connectivity index (χ4n) is 1.35. The predicted molar refractivity (Wildman–Crippen MR) is 57.2 cm³/mol. The van der Waals surface area contributed by atoms with Gasteiger partial charge in [0, 0.05) is 29.7 Å². The number of halogens is 1. The molecule has 2 rings (SSSR count). The number of aromatic nitrogens is 2. The molecule has 0 aliphatic heterocycles. The fourth-order valence-corrected chi connectivity index (χ4v) is 1.56. The van der Waals surface area contributed by atoms with Crippen LogP contribution in [0.25, 0.3) is 11.1 Å². The van der Waals surface area contributed by atoms with Crippen LogP contribution >= 0.6 is 11.6 Å². The average Bonchev–Trinajstić information content (AvgIpc) is 2.19. The molecule has 0 spiro atoms. The van der Waals surface area contributed by atoms with Gasteiger partial charge in [-0.2, -0.15) is 0 Å². The SMILES string of the molecule is Cc1cc(Cl)ncc1-c1cccnc1. The van der Waals surface area contributed by atoms with Crippen LogP contribution in [0.5, 0.6) is 0 Å². The third-order valence-corrected chi connectivity index (χ3v) is 2.26. The smallest absolute Gasteiger partial charge is 0.129 e. The molecule has 2 aromatic rings. The second kappa shape index (κ2) is 3.76. The van der Waals surface area contributed by atoms with E-state index in [0.717, 1.165) is 16.7 Å². The Labute approximate surface area is 87.6 Å². The van der Waals surface area contributed by atoms with Crippen LogP contribution in [0.15, 0.2) is 36.8 Å². The molecule has 0 atom stereocenters. The highest BCUT2D eigenvalue weighted by atomic mass is 35.5. The Kier molecular flexibility index (Phi) is 2.46. The molecule has 0 N–H and O–H groups in total. The van der Waals surface area contributed by atoms with Crippen LogP contribution in [0.1, 0.15) is 5.56 Å². The predicted octanol–water partition coefficient (Wildman–Crippen LogP) is 3.11. The quantitative estimate of drug-likeness (QED) is 0.667. The Morgan fingerprint density at radius 3 is 2.79 bits per heavy atom. The van der Waals surface area contributed by atoms with E-state index < -0.39 is 0 Å². The molecule has 0 aliphatic carbocycles. The summed E-state index contributed by atoms with van der Waals surface area (Å²) in [6, 6.07) is 5.76. The number of hydrogen-bond acceptors (Lipinski definition) is 2. The molecule has 0 aliphatic rings. The van der Waals surface area contributed by atoms with Gasteiger partial charge in [-0.1, -0.05) is 17.7 Å². The van der Waals surface area contributed by atoms with Crippen LogP contribution < -0.4 is 0 Å². The summed E-state index contributed by atoms with van der Waals surface area (Å²) in [6.07, 6.45) is 5.34. The largest absolute Gasteiger partial charge is 0.264 e. The van der Waals surface area contributed by atoms with Gasteiger partial charge in [0.05, 0.1) is 0 Å². The molecule has 2 nitrogen and oxygen atoms in total. The monoisotopic (exact) mass is 204 g/mol. The molecule has 0 saturated heterocycles. The molecule has 0 fully saturated rings. The van der Waals surface area contributed by atoms with E-state index in [1.165, 1.54) is 0 Å². The van der Waals surface area contributed by atoms with E-state index >= 15 is 0 Å². The number of pyridine rings is 2. The second-order valence-electron chi connectivity index (χ2n) is 3.06. The Morgan fingerprint density at radius 2 is 2.14 bits per heavy atom. The van der Waals surface area contributed by atoms with Crippen LogP contribution in [0, 0.1) is 6.92 Å². The minimum absolute atomic E-state index is 0.523. The molecule has 0 aromatic carbocycles. The van der Waals surface area contributed by atoms with Crippen molar-refractivity contribution >= 4 is 11.6 Å². The van der Waals surface area contributed by atoms with Gasteiger partial charge in [0.15, 0.2) is 0 Å². The summed E-state index contributed by atoms with van der Waals surface area (Å²) in [5.41, 5.74) is 3.25. The summed E-state index contributed by atoms with van der Waals surface area (Å²) in [5.74, 6) is 0. The minimum Gasteiger partial charge on any atom is -0.264 e. The Bertz CT molecular complexity index is 440. The molecule has 2 aromatic heterocycles. The summed E-state index contributed by atoms with van der Waals surface area (Å²) < 4.78 is 0. The first-order chi connectivity index (χ1) is 6.77. The van der Waals surface area contributed by atoms with Crippen molar-refractivity contribution < 1.29 is 0 Å². The number of aryl methyl sites for hydroxylation is 1. The number of nitrogens with zero attached hydrogens (tertiary/aromatic N) is 2. The third-order valence-electron chi connectivity index (χ3n) is 2.05. The molecule has 0 unspecified atom stereocenters. The molecule has 14 heavy (non-hydrogen) atoms. The van der Waals surface area contributed by atoms with Gasteiger partial charge in [0.2, 0.25) is 0 Å². The van der Waals surface area contributed by atoms with Crippen LogP contribution in [0.3, 0.4) is 0 Å². The lowest BCUT2D eigenvalue weighted by Crippen LogP contribution is -1.86. The van der Waals surface area contributed by atoms with E-state index in [1.54, 1.807) is 12.4 Å². The van der Waals surface area contributed by atoms with Crippen LogP contribution in [-0.2, 0) is 0 Å². The summed E-state index contributed by atoms with van der Waals surface area (Å²) in [6.45, 7) is 2.01. The van der Waals surface area contributed by atoms with Crippen LogP contribution in [0.4, 0.5) is 0 Å². The van der Waals surface area contributed by atoms with Crippen LogP contribution in [-0.4, -0.2) is 9.97 Å². The molecule has 0 radical (unpaired) electrons. The van der Waals surface area contributed by atoms with E-state index in [4.69, 9.17) is 11.6 Å². The maximum atomic E-state index is 5.78. The highest BCUT2D eigenvalue weighted by Gasteiger charge is 2.02. The minimum atomic E-state index is 0.523. The first-order valence-corrected chi connectivity index (χ1v) is 4.68. The van der Waals surface area contributed by atoms with Crippen molar-refractivity contribution in [3.05, 3.63) is 47.5 Å². The van der Waals surface area contributed by atoms with Crippen molar-refractivity contribution in [1.82, 2.24) is 9.97 Å². The highest BCUT2D eigenvalue weighted by Crippen LogP contribution is 2.22. The van der Waals surface area contributed by atoms with Crippen molar-refractivity contribution in [3.8, 4) is 11.1 Å². The van der Waals surface area contributed by atoms with Gasteiger partial charge < -0.3 is 0 Å². The van der Waals surface area contributed by atoms with E-state index in [0.29, 0.717) is 5.15 Å². The van der Waals surface area contributed by atoms with Crippen molar-refractivity contribution in [2.45, 2.75) is 6.92 Å². The fraction of sp³-hybridized carbons (Fsp3) is 0.0909. The maximum absolute atomic E-state index is 5.78. The summed E-state index contributed by atoms with van der Waals surface area (Å²) in [7, 11) is 0. The summed E-state index contributed by atoms with van der Waals surface area (Å²) >= 11 is 5.78. The first kappa shape index (κ1) is 9.16. The Hall–Kier alpha value is -1.41. The third kappa shape index (κ3) is 1.75. The first-order valence-electron chi connectivity index (χ1n) is 4.30. The van der Waals surface area contributed by atoms with Gasteiger partial charge in [0.1, 0.15) is 5.15 Å². The van der Waals surface area contributed by atoms with Crippen molar-refractivity contribution in [2.24, 2.45) is 0 Å². The van der Waals surface area contributed by atoms with Gasteiger partial charge in [-0.25, -0.2) is 4.98 Å². The second-order valence-corrected chi connectivity index (χ2v) is 3.45. The lowest BCUT2D eigenvalue weighted by Gasteiger charge is -2.04. The maximum Gasteiger partial charge on any atom is 0.129 e. The highest BCUT2D eigenvalue weighted by molar-refractivity contribution is 6.29. The normalized spacial score (nSPS) is 10.1. The lowest BCUT2D eigenvalue weighted by molar-refractivity contribution is 1.27. The van der Waals surface area contributed by atoms with Crippen molar-refractivity contribution in [2.75, 3.05) is 0 Å². The zero-order valence-electron chi connectivity index (χ0n) is 7.74. The lowest BCUT2D eigenvalue weighted by atomic mass is 10.1. The van der Waals surface area contributed by atoms with E-state index in [2.05, 4.69) is 9.97 Å². The van der Waals surface area contributed by atoms with Crippen molar-refractivity contribution in [1.29, 1.82) is 0 Å². The molecular formula is C11H9ClN2. The van der Waals surface area contributed by atoms with Gasteiger partial charge in [0.25, 0.3) is 0 Å². The van der Waals surface area contributed by atoms with E-state index in [9.17, 15) is 0 Å². The molecule has 0 amide bonds.